The number of benzene rings is 13. The molecule has 0 amide bonds. The summed E-state index contributed by atoms with van der Waals surface area (Å²) in [6.45, 7) is 0. The standard InChI is InChI=1S/C74H50N2/c1-3-14-51(15-4-1)53-28-32-55(33-29-53)57-38-42-64(43-39-57)75(65-44-40-58(41-45-65)56-34-30-54(31-35-56)52-16-5-2-6-17-52)66-22-12-20-61(49-66)60-19-11-21-62(48-60)70-25-13-27-73-74(70)71-24-9-10-26-72(71)76(73)67-46-47-69-63(50-67)37-36-59-18-7-8-23-68(59)69/h1-50H. The number of anilines is 3. The second-order valence-electron chi connectivity index (χ2n) is 19.7. The van der Waals surface area contributed by atoms with E-state index >= 15 is 0 Å². The van der Waals surface area contributed by atoms with Gasteiger partial charge in [0.25, 0.3) is 0 Å². The Kier molecular flexibility index (Phi) is 11.2. The first-order valence-corrected chi connectivity index (χ1v) is 26.1. The van der Waals surface area contributed by atoms with Crippen LogP contribution in [-0.4, -0.2) is 4.57 Å². The molecule has 14 rings (SSSR count). The highest BCUT2D eigenvalue weighted by molar-refractivity contribution is 6.16. The lowest BCUT2D eigenvalue weighted by Gasteiger charge is -2.26. The highest BCUT2D eigenvalue weighted by Gasteiger charge is 2.19. The van der Waals surface area contributed by atoms with Crippen molar-refractivity contribution in [1.82, 2.24) is 4.57 Å². The Bertz CT molecular complexity index is 4270. The van der Waals surface area contributed by atoms with E-state index in [0.29, 0.717) is 0 Å². The fraction of sp³-hybridized carbons (Fsp3) is 0. The molecule has 1 aromatic heterocycles. The van der Waals surface area contributed by atoms with E-state index in [9.17, 15) is 0 Å². The van der Waals surface area contributed by atoms with Crippen LogP contribution in [0.3, 0.4) is 0 Å². The molecule has 0 radical (unpaired) electrons. The van der Waals surface area contributed by atoms with E-state index in [2.05, 4.69) is 313 Å². The van der Waals surface area contributed by atoms with Gasteiger partial charge in [0.05, 0.1) is 11.0 Å². The summed E-state index contributed by atoms with van der Waals surface area (Å²) in [5.74, 6) is 0. The number of hydrogen-bond donors (Lipinski definition) is 0. The lowest BCUT2D eigenvalue weighted by atomic mass is 9.95. The van der Waals surface area contributed by atoms with Crippen LogP contribution in [-0.2, 0) is 0 Å². The van der Waals surface area contributed by atoms with Gasteiger partial charge in [-0.1, -0.05) is 237 Å². The van der Waals surface area contributed by atoms with Crippen LogP contribution in [0.25, 0.3) is 116 Å². The molecule has 2 heteroatoms. The average Bonchev–Trinajstić information content (AvgIpc) is 3.92. The molecule has 0 saturated carbocycles. The van der Waals surface area contributed by atoms with Crippen molar-refractivity contribution in [3.63, 3.8) is 0 Å². The predicted octanol–water partition coefficient (Wildman–Crippen LogP) is 20.6. The monoisotopic (exact) mass is 966 g/mol. The molecule has 76 heavy (non-hydrogen) atoms. The van der Waals surface area contributed by atoms with Crippen molar-refractivity contribution in [2.24, 2.45) is 0 Å². The van der Waals surface area contributed by atoms with Crippen molar-refractivity contribution in [2.45, 2.75) is 0 Å². The summed E-state index contributed by atoms with van der Waals surface area (Å²) >= 11 is 0. The van der Waals surface area contributed by atoms with E-state index < -0.39 is 0 Å². The summed E-state index contributed by atoms with van der Waals surface area (Å²) in [4.78, 5) is 2.38. The van der Waals surface area contributed by atoms with Crippen molar-refractivity contribution in [2.75, 3.05) is 4.90 Å². The summed E-state index contributed by atoms with van der Waals surface area (Å²) in [5, 5.41) is 7.52. The second kappa shape index (κ2) is 19.1. The maximum Gasteiger partial charge on any atom is 0.0547 e. The van der Waals surface area contributed by atoms with E-state index in [4.69, 9.17) is 0 Å². The summed E-state index contributed by atoms with van der Waals surface area (Å²) in [5.41, 5.74) is 21.0. The predicted molar refractivity (Wildman–Crippen MR) is 323 cm³/mol. The quantitative estimate of drug-likeness (QED) is 0.124. The Morgan fingerprint density at radius 1 is 0.224 bits per heavy atom. The average molecular weight is 967 g/mol. The molecule has 13 aromatic carbocycles. The molecule has 0 aliphatic heterocycles. The first kappa shape index (κ1) is 44.7. The van der Waals surface area contributed by atoms with Crippen LogP contribution in [0.1, 0.15) is 0 Å². The molecule has 0 N–H and O–H groups in total. The van der Waals surface area contributed by atoms with Gasteiger partial charge in [0.1, 0.15) is 0 Å². The molecule has 0 bridgehead atoms. The van der Waals surface area contributed by atoms with Crippen LogP contribution >= 0.6 is 0 Å². The van der Waals surface area contributed by atoms with E-state index in [-0.39, 0.29) is 0 Å². The van der Waals surface area contributed by atoms with Gasteiger partial charge >= 0.3 is 0 Å². The van der Waals surface area contributed by atoms with Crippen molar-refractivity contribution >= 4 is 60.4 Å². The molecular formula is C74H50N2. The zero-order chi connectivity index (χ0) is 50.4. The van der Waals surface area contributed by atoms with Gasteiger partial charge < -0.3 is 9.47 Å². The Labute approximate surface area is 443 Å². The summed E-state index contributed by atoms with van der Waals surface area (Å²) < 4.78 is 2.44. The van der Waals surface area contributed by atoms with Crippen molar-refractivity contribution in [3.8, 4) is 72.4 Å². The maximum absolute atomic E-state index is 2.44. The maximum atomic E-state index is 2.44. The molecule has 14 aromatic rings. The number of hydrogen-bond acceptors (Lipinski definition) is 1. The van der Waals surface area contributed by atoms with Crippen LogP contribution in [0.4, 0.5) is 17.1 Å². The zero-order valence-electron chi connectivity index (χ0n) is 41.8. The third-order valence-corrected chi connectivity index (χ3v) is 15.2. The molecule has 0 aliphatic rings. The van der Waals surface area contributed by atoms with Gasteiger partial charge in [0.2, 0.25) is 0 Å². The van der Waals surface area contributed by atoms with Crippen LogP contribution in [0.15, 0.2) is 303 Å². The topological polar surface area (TPSA) is 8.17 Å². The number of rotatable bonds is 10. The third kappa shape index (κ3) is 8.19. The lowest BCUT2D eigenvalue weighted by Crippen LogP contribution is -2.10. The van der Waals surface area contributed by atoms with Crippen molar-refractivity contribution in [3.05, 3.63) is 303 Å². The number of aromatic nitrogens is 1. The highest BCUT2D eigenvalue weighted by atomic mass is 15.1. The van der Waals surface area contributed by atoms with Crippen LogP contribution in [0.5, 0.6) is 0 Å². The lowest BCUT2D eigenvalue weighted by molar-refractivity contribution is 1.19. The Morgan fingerprint density at radius 2 is 0.658 bits per heavy atom. The number of nitrogens with zero attached hydrogens (tertiary/aromatic N) is 2. The minimum Gasteiger partial charge on any atom is -0.310 e. The van der Waals surface area contributed by atoms with Crippen molar-refractivity contribution < 1.29 is 0 Å². The van der Waals surface area contributed by atoms with E-state index in [0.717, 1.165) is 33.9 Å². The molecule has 2 nitrogen and oxygen atoms in total. The highest BCUT2D eigenvalue weighted by Crippen LogP contribution is 2.42. The van der Waals surface area contributed by atoms with E-state index in [1.54, 1.807) is 0 Å². The van der Waals surface area contributed by atoms with E-state index in [1.807, 2.05) is 0 Å². The summed E-state index contributed by atoms with van der Waals surface area (Å²) in [6, 6.07) is 111. The first-order valence-electron chi connectivity index (χ1n) is 26.1. The van der Waals surface area contributed by atoms with Gasteiger partial charge in [-0.25, -0.2) is 0 Å². The van der Waals surface area contributed by atoms with Crippen LogP contribution < -0.4 is 4.90 Å². The Hall–Kier alpha value is -10.0. The Balaban J connectivity index is 0.828. The molecule has 0 fully saturated rings. The summed E-state index contributed by atoms with van der Waals surface area (Å²) in [7, 11) is 0. The normalized spacial score (nSPS) is 11.4. The third-order valence-electron chi connectivity index (χ3n) is 15.2. The minimum absolute atomic E-state index is 1.08. The molecular weight excluding hydrogens is 917 g/mol. The van der Waals surface area contributed by atoms with Gasteiger partial charge in [-0.15, -0.1) is 0 Å². The van der Waals surface area contributed by atoms with Crippen LogP contribution in [0.2, 0.25) is 0 Å². The zero-order valence-corrected chi connectivity index (χ0v) is 41.8. The van der Waals surface area contributed by atoms with Crippen molar-refractivity contribution in [1.29, 1.82) is 0 Å². The molecule has 0 unspecified atom stereocenters. The van der Waals surface area contributed by atoms with Gasteiger partial charge in [0.15, 0.2) is 0 Å². The van der Waals surface area contributed by atoms with Gasteiger partial charge in [-0.2, -0.15) is 0 Å². The largest absolute Gasteiger partial charge is 0.310 e. The summed E-state index contributed by atoms with van der Waals surface area (Å²) in [6.07, 6.45) is 0. The molecule has 0 saturated heterocycles. The van der Waals surface area contributed by atoms with E-state index in [1.165, 1.54) is 99.0 Å². The van der Waals surface area contributed by atoms with Crippen LogP contribution in [0, 0.1) is 0 Å². The SMILES string of the molecule is c1ccc(-c2ccc(-c3ccc(N(c4ccc(-c5ccc(-c6ccccc6)cc5)cc4)c4cccc(-c5cccc(-c6cccc7c6c6ccccc6n7-c6ccc7c(ccc8ccccc87)c6)c5)c4)cc3)cc2)cc1. The van der Waals surface area contributed by atoms with Gasteiger partial charge in [-0.3, -0.25) is 0 Å². The second-order valence-corrected chi connectivity index (χ2v) is 19.7. The molecule has 0 aliphatic carbocycles. The Morgan fingerprint density at radius 3 is 1.28 bits per heavy atom. The number of para-hydroxylation sites is 1. The number of fused-ring (bicyclic) bond motifs is 6. The molecule has 1 heterocycles. The van der Waals surface area contributed by atoms with Gasteiger partial charge in [0, 0.05) is 33.5 Å². The first-order chi connectivity index (χ1) is 37.7. The molecule has 0 spiro atoms. The molecule has 0 atom stereocenters. The smallest absolute Gasteiger partial charge is 0.0547 e. The minimum atomic E-state index is 1.08. The van der Waals surface area contributed by atoms with Gasteiger partial charge in [-0.05, 0) is 155 Å². The molecule has 356 valence electrons. The fourth-order valence-electron chi connectivity index (χ4n) is 11.4. The fourth-order valence-corrected chi connectivity index (χ4v) is 11.4.